The van der Waals surface area contributed by atoms with Gasteiger partial charge in [-0.05, 0) is 129 Å². The molecule has 7 nitrogen and oxygen atoms in total. The van der Waals surface area contributed by atoms with Crippen LogP contribution in [-0.4, -0.2) is 15.0 Å². The van der Waals surface area contributed by atoms with Crippen molar-refractivity contribution in [1.82, 2.24) is 15.0 Å². The van der Waals surface area contributed by atoms with E-state index in [9.17, 15) is 0 Å². The molecular weight excluding hydrogens is 1010 g/mol. The van der Waals surface area contributed by atoms with Gasteiger partial charge in [0.1, 0.15) is 0 Å². The quantitative estimate of drug-likeness (QED) is 0.150. The molecule has 1 aromatic heterocycles. The fourth-order valence-corrected chi connectivity index (χ4v) is 14.6. The van der Waals surface area contributed by atoms with E-state index in [4.69, 9.17) is 15.0 Å². The summed E-state index contributed by atoms with van der Waals surface area (Å²) in [5, 5.41) is 0. The first kappa shape index (κ1) is 47.4. The molecule has 0 saturated carbocycles. The minimum absolute atomic E-state index is 0.0743. The lowest BCUT2D eigenvalue weighted by atomic mass is 9.82. The highest BCUT2D eigenvalue weighted by atomic mass is 15.4. The Balaban J connectivity index is 0.794. The largest absolute Gasteiger partial charge is 0.331 e. The van der Waals surface area contributed by atoms with Crippen molar-refractivity contribution < 1.29 is 0 Å². The number of aromatic nitrogens is 3. The van der Waals surface area contributed by atoms with Crippen molar-refractivity contribution in [2.45, 2.75) is 43.4 Å². The van der Waals surface area contributed by atoms with Crippen LogP contribution in [0.4, 0.5) is 45.8 Å². The van der Waals surface area contributed by atoms with Crippen LogP contribution < -0.4 is 19.6 Å². The molecule has 0 bridgehead atoms. The Hall–Kier alpha value is -10.4. The highest BCUT2D eigenvalue weighted by Gasteiger charge is 2.52. The SMILES string of the molecule is CC1(C)c2ccc(-c3ccc4c(c3)C3C(c5ccccc5N3c3ccccc3)N4c3ccccc3)cc2-c2cc(-c3ccc4c(c3)C3C(c5ccccc5N3c3ccccc3)N4c3nc(-c4ccccc4)nc(-c4ccccc4)n3)ccc21. The second-order valence-electron chi connectivity index (χ2n) is 23.1. The number of hydrogen-bond donors (Lipinski definition) is 0. The highest BCUT2D eigenvalue weighted by molar-refractivity contribution is 5.91. The van der Waals surface area contributed by atoms with Gasteiger partial charge in [0.2, 0.25) is 5.95 Å². The molecule has 0 saturated heterocycles. The van der Waals surface area contributed by atoms with Crippen LogP contribution in [-0.2, 0) is 5.41 Å². The molecule has 7 heteroatoms. The minimum atomic E-state index is -0.186. The summed E-state index contributed by atoms with van der Waals surface area (Å²) in [6.45, 7) is 4.77. The Bertz CT molecular complexity index is 4470. The van der Waals surface area contributed by atoms with Gasteiger partial charge in [0.25, 0.3) is 0 Å². The molecule has 4 atom stereocenters. The second kappa shape index (κ2) is 18.3. The summed E-state index contributed by atoms with van der Waals surface area (Å²) in [7, 11) is 0. The molecule has 0 radical (unpaired) electrons. The van der Waals surface area contributed by atoms with Gasteiger partial charge in [-0.1, -0.05) is 202 Å². The third-order valence-electron chi connectivity index (χ3n) is 18.3. The molecule has 0 amide bonds. The predicted octanol–water partition coefficient (Wildman–Crippen LogP) is 19.0. The third kappa shape index (κ3) is 7.20. The van der Waals surface area contributed by atoms with Crippen LogP contribution >= 0.6 is 0 Å². The van der Waals surface area contributed by atoms with E-state index in [1.165, 1.54) is 95.2 Å². The highest BCUT2D eigenvalue weighted by Crippen LogP contribution is 2.65. The van der Waals surface area contributed by atoms with E-state index in [0.717, 1.165) is 22.5 Å². The van der Waals surface area contributed by atoms with Crippen molar-refractivity contribution in [3.8, 4) is 56.2 Å². The lowest BCUT2D eigenvalue weighted by molar-refractivity contribution is 0.625. The van der Waals surface area contributed by atoms with E-state index >= 15 is 0 Å². The van der Waals surface area contributed by atoms with E-state index in [2.05, 4.69) is 270 Å². The first-order valence-corrected chi connectivity index (χ1v) is 28.9. The monoisotopic (exact) mass is 1070 g/mol. The molecule has 17 rings (SSSR count). The summed E-state index contributed by atoms with van der Waals surface area (Å²) < 4.78 is 0. The lowest BCUT2D eigenvalue weighted by Gasteiger charge is -2.29. The van der Waals surface area contributed by atoms with Crippen LogP contribution in [0.25, 0.3) is 56.2 Å². The normalized spacial score (nSPS) is 18.0. The molecule has 0 spiro atoms. The average molecular weight is 1070 g/mol. The summed E-state index contributed by atoms with van der Waals surface area (Å²) >= 11 is 0. The van der Waals surface area contributed by atoms with Crippen molar-refractivity contribution in [1.29, 1.82) is 0 Å². The van der Waals surface area contributed by atoms with Gasteiger partial charge in [0.05, 0.1) is 29.9 Å². The van der Waals surface area contributed by atoms with E-state index in [1.54, 1.807) is 0 Å². The molecule has 0 fully saturated rings. The Morgan fingerprint density at radius 2 is 0.602 bits per heavy atom. The molecule has 1 aliphatic carbocycles. The van der Waals surface area contributed by atoms with Crippen molar-refractivity contribution in [2.75, 3.05) is 19.6 Å². The number of rotatable bonds is 8. The minimum Gasteiger partial charge on any atom is -0.331 e. The van der Waals surface area contributed by atoms with E-state index in [1.807, 2.05) is 36.4 Å². The molecule has 11 aromatic carbocycles. The number of nitrogens with zero attached hydrogens (tertiary/aromatic N) is 7. The zero-order valence-corrected chi connectivity index (χ0v) is 45.9. The van der Waals surface area contributed by atoms with Crippen LogP contribution in [0.5, 0.6) is 0 Å². The van der Waals surface area contributed by atoms with Crippen molar-refractivity contribution in [3.63, 3.8) is 0 Å². The first-order chi connectivity index (χ1) is 40.9. The van der Waals surface area contributed by atoms with Gasteiger partial charge >= 0.3 is 0 Å². The summed E-state index contributed by atoms with van der Waals surface area (Å²) in [6.07, 6.45) is 0. The number of anilines is 8. The van der Waals surface area contributed by atoms with Gasteiger partial charge in [-0.25, -0.2) is 4.98 Å². The first-order valence-electron chi connectivity index (χ1n) is 28.9. The van der Waals surface area contributed by atoms with E-state index in [-0.39, 0.29) is 29.6 Å². The zero-order chi connectivity index (χ0) is 54.9. The van der Waals surface area contributed by atoms with Gasteiger partial charge in [0.15, 0.2) is 11.6 Å². The van der Waals surface area contributed by atoms with Crippen molar-refractivity contribution in [3.05, 3.63) is 306 Å². The van der Waals surface area contributed by atoms with Crippen LogP contribution in [0, 0.1) is 0 Å². The Morgan fingerprint density at radius 3 is 1.04 bits per heavy atom. The topological polar surface area (TPSA) is 51.6 Å². The summed E-state index contributed by atoms with van der Waals surface area (Å²) in [4.78, 5) is 25.9. The lowest BCUT2D eigenvalue weighted by Crippen LogP contribution is -2.25. The number of benzene rings is 11. The van der Waals surface area contributed by atoms with Gasteiger partial charge in [0, 0.05) is 72.9 Å². The second-order valence-corrected chi connectivity index (χ2v) is 23.1. The smallest absolute Gasteiger partial charge is 0.234 e. The molecule has 0 N–H and O–H groups in total. The Labute approximate surface area is 483 Å². The van der Waals surface area contributed by atoms with Crippen LogP contribution in [0.15, 0.2) is 273 Å². The molecular formula is C76H55N7. The predicted molar refractivity (Wildman–Crippen MR) is 337 cm³/mol. The van der Waals surface area contributed by atoms with Gasteiger partial charge in [-0.3, -0.25) is 0 Å². The number of hydrogen-bond acceptors (Lipinski definition) is 7. The van der Waals surface area contributed by atoms with E-state index < -0.39 is 0 Å². The fraction of sp³-hybridized carbons (Fsp3) is 0.0921. The van der Waals surface area contributed by atoms with Crippen LogP contribution in [0.3, 0.4) is 0 Å². The molecule has 4 aliphatic heterocycles. The van der Waals surface area contributed by atoms with Gasteiger partial charge in [-0.15, -0.1) is 0 Å². The molecule has 83 heavy (non-hydrogen) atoms. The van der Waals surface area contributed by atoms with E-state index in [0.29, 0.717) is 17.6 Å². The summed E-state index contributed by atoms with van der Waals surface area (Å²) in [5.74, 6) is 1.90. The maximum Gasteiger partial charge on any atom is 0.234 e. The summed E-state index contributed by atoms with van der Waals surface area (Å²) in [5.41, 5.74) is 25.2. The Kier molecular flexibility index (Phi) is 10.5. The van der Waals surface area contributed by atoms with Gasteiger partial charge in [-0.2, -0.15) is 9.97 Å². The maximum atomic E-state index is 5.38. The van der Waals surface area contributed by atoms with Crippen LogP contribution in [0.1, 0.15) is 71.4 Å². The third-order valence-corrected chi connectivity index (χ3v) is 18.3. The molecule has 5 aliphatic rings. The number of fused-ring (bicyclic) bond motifs is 13. The molecule has 12 aromatic rings. The van der Waals surface area contributed by atoms with Crippen molar-refractivity contribution >= 4 is 45.8 Å². The zero-order valence-electron chi connectivity index (χ0n) is 45.9. The standard InChI is InChI=1S/C76H55N7/c1-76(2)63-40-36-50(52-38-42-67-61(46-52)71-69(82(67)56-30-16-7-17-31-56)57-32-18-20-34-65(57)80(71)54-26-12-5-13-27-54)44-59(63)60-45-51(37-41-64(60)76)53-39-43-68-62(47-53)72-70(58-33-19-21-35-66(58)81(72)55-28-14-6-15-29-55)83(68)75-78-73(48-22-8-3-9-23-48)77-74(79-75)49-24-10-4-11-25-49/h3-47,69-72H,1-2H3. The molecule has 5 heterocycles. The van der Waals surface area contributed by atoms with Crippen LogP contribution in [0.2, 0.25) is 0 Å². The Morgan fingerprint density at radius 1 is 0.277 bits per heavy atom. The molecule has 4 unspecified atom stereocenters. The average Bonchev–Trinajstić information content (AvgIpc) is 2.54. The fourth-order valence-electron chi connectivity index (χ4n) is 14.6. The van der Waals surface area contributed by atoms with Crippen molar-refractivity contribution in [2.24, 2.45) is 0 Å². The maximum absolute atomic E-state index is 5.38. The van der Waals surface area contributed by atoms with Gasteiger partial charge < -0.3 is 19.6 Å². The molecule has 394 valence electrons. The number of para-hydroxylation sites is 5. The summed E-state index contributed by atoms with van der Waals surface area (Å²) in [6, 6.07) is 99.8.